The second kappa shape index (κ2) is 5.44. The molecule has 0 unspecified atom stereocenters. The molecule has 0 aliphatic rings. The number of carbonyl (C=O) groups excluding carboxylic acids is 1. The SMILES string of the molecule is CC(=O)Nc1ccc(-c2nn(C)c(=O)c3ccccc23)cc1. The van der Waals surface area contributed by atoms with Crippen LogP contribution in [0.3, 0.4) is 0 Å². The lowest BCUT2D eigenvalue weighted by Gasteiger charge is -2.09. The standard InChI is InChI=1S/C17H15N3O2/c1-11(21)18-13-9-7-12(8-10-13)16-14-5-3-4-6-15(14)17(22)20(2)19-16/h3-10H,1-2H3,(H,18,21). The second-order valence-electron chi connectivity index (χ2n) is 5.08. The summed E-state index contributed by atoms with van der Waals surface area (Å²) < 4.78 is 1.35. The lowest BCUT2D eigenvalue weighted by Crippen LogP contribution is -2.20. The number of hydrogen-bond donors (Lipinski definition) is 1. The lowest BCUT2D eigenvalue weighted by atomic mass is 10.0. The Morgan fingerprint density at radius 2 is 1.68 bits per heavy atom. The smallest absolute Gasteiger partial charge is 0.274 e. The molecule has 0 aliphatic carbocycles. The third-order valence-corrected chi connectivity index (χ3v) is 3.44. The molecule has 110 valence electrons. The van der Waals surface area contributed by atoms with Crippen molar-refractivity contribution in [1.29, 1.82) is 0 Å². The van der Waals surface area contributed by atoms with E-state index >= 15 is 0 Å². The third-order valence-electron chi connectivity index (χ3n) is 3.44. The molecule has 3 aromatic rings. The normalized spacial score (nSPS) is 10.6. The maximum atomic E-state index is 12.1. The van der Waals surface area contributed by atoms with Gasteiger partial charge in [-0.1, -0.05) is 30.3 Å². The van der Waals surface area contributed by atoms with Gasteiger partial charge in [-0.3, -0.25) is 9.59 Å². The van der Waals surface area contributed by atoms with Crippen LogP contribution in [0.5, 0.6) is 0 Å². The van der Waals surface area contributed by atoms with Gasteiger partial charge in [-0.25, -0.2) is 4.68 Å². The number of nitrogens with one attached hydrogen (secondary N) is 1. The van der Waals surface area contributed by atoms with Crippen molar-refractivity contribution in [3.63, 3.8) is 0 Å². The van der Waals surface area contributed by atoms with E-state index in [1.807, 2.05) is 42.5 Å². The zero-order chi connectivity index (χ0) is 15.7. The van der Waals surface area contributed by atoms with Crippen LogP contribution in [0, 0.1) is 0 Å². The molecule has 0 saturated carbocycles. The Bertz CT molecular complexity index is 911. The first-order valence-corrected chi connectivity index (χ1v) is 6.90. The van der Waals surface area contributed by atoms with Crippen LogP contribution < -0.4 is 10.9 Å². The van der Waals surface area contributed by atoms with Crippen LogP contribution in [0.15, 0.2) is 53.3 Å². The molecule has 1 N–H and O–H groups in total. The first kappa shape index (κ1) is 14.0. The van der Waals surface area contributed by atoms with Gasteiger partial charge in [0, 0.05) is 30.6 Å². The van der Waals surface area contributed by atoms with Crippen molar-refractivity contribution in [3.8, 4) is 11.3 Å². The van der Waals surface area contributed by atoms with E-state index in [0.29, 0.717) is 5.39 Å². The fourth-order valence-electron chi connectivity index (χ4n) is 2.43. The molecular formula is C17H15N3O2. The molecule has 5 nitrogen and oxygen atoms in total. The van der Waals surface area contributed by atoms with Gasteiger partial charge in [0.2, 0.25) is 5.91 Å². The van der Waals surface area contributed by atoms with E-state index < -0.39 is 0 Å². The molecule has 0 spiro atoms. The molecule has 1 aromatic heterocycles. The van der Waals surface area contributed by atoms with Crippen LogP contribution >= 0.6 is 0 Å². The van der Waals surface area contributed by atoms with E-state index in [1.165, 1.54) is 11.6 Å². The van der Waals surface area contributed by atoms with E-state index in [-0.39, 0.29) is 11.5 Å². The van der Waals surface area contributed by atoms with Crippen LogP contribution in [0.25, 0.3) is 22.0 Å². The maximum Gasteiger partial charge on any atom is 0.274 e. The fraction of sp³-hybridized carbons (Fsp3) is 0.118. The number of aryl methyl sites for hydroxylation is 1. The van der Waals surface area contributed by atoms with Crippen LogP contribution in [0.4, 0.5) is 5.69 Å². The highest BCUT2D eigenvalue weighted by Crippen LogP contribution is 2.25. The van der Waals surface area contributed by atoms with Crippen LogP contribution in [-0.4, -0.2) is 15.7 Å². The number of nitrogens with zero attached hydrogens (tertiary/aromatic N) is 2. The number of rotatable bonds is 2. The molecule has 22 heavy (non-hydrogen) atoms. The Morgan fingerprint density at radius 3 is 2.32 bits per heavy atom. The largest absolute Gasteiger partial charge is 0.326 e. The van der Waals surface area contributed by atoms with Gasteiger partial charge in [-0.05, 0) is 18.2 Å². The van der Waals surface area contributed by atoms with Gasteiger partial charge in [-0.2, -0.15) is 5.10 Å². The average molecular weight is 293 g/mol. The van der Waals surface area contributed by atoms with Gasteiger partial charge in [0.1, 0.15) is 0 Å². The Balaban J connectivity index is 2.16. The topological polar surface area (TPSA) is 64.0 Å². The minimum Gasteiger partial charge on any atom is -0.326 e. The molecule has 2 aromatic carbocycles. The number of aromatic nitrogens is 2. The van der Waals surface area contributed by atoms with E-state index in [0.717, 1.165) is 22.3 Å². The second-order valence-corrected chi connectivity index (χ2v) is 5.08. The van der Waals surface area contributed by atoms with Gasteiger partial charge in [0.25, 0.3) is 5.56 Å². The summed E-state index contributed by atoms with van der Waals surface area (Å²) in [4.78, 5) is 23.2. The minimum absolute atomic E-state index is 0.113. The van der Waals surface area contributed by atoms with Crippen molar-refractivity contribution in [1.82, 2.24) is 9.78 Å². The van der Waals surface area contributed by atoms with E-state index in [9.17, 15) is 9.59 Å². The minimum atomic E-state index is -0.116. The van der Waals surface area contributed by atoms with Gasteiger partial charge in [-0.15, -0.1) is 0 Å². The molecule has 0 aliphatic heterocycles. The number of benzene rings is 2. The van der Waals surface area contributed by atoms with Crippen LogP contribution in [-0.2, 0) is 11.8 Å². The van der Waals surface area contributed by atoms with E-state index in [1.54, 1.807) is 13.1 Å². The lowest BCUT2D eigenvalue weighted by molar-refractivity contribution is -0.114. The molecule has 0 fully saturated rings. The van der Waals surface area contributed by atoms with Crippen molar-refractivity contribution in [2.45, 2.75) is 6.92 Å². The predicted octanol–water partition coefficient (Wildman–Crippen LogP) is 2.56. The third kappa shape index (κ3) is 2.48. The first-order valence-electron chi connectivity index (χ1n) is 6.90. The summed E-state index contributed by atoms with van der Waals surface area (Å²) in [5.74, 6) is -0.113. The zero-order valence-electron chi connectivity index (χ0n) is 12.3. The number of hydrogen-bond acceptors (Lipinski definition) is 3. The van der Waals surface area contributed by atoms with Gasteiger partial charge in [0.15, 0.2) is 0 Å². The molecule has 0 saturated heterocycles. The molecule has 1 heterocycles. The first-order chi connectivity index (χ1) is 10.6. The van der Waals surface area contributed by atoms with Crippen molar-refractivity contribution in [2.75, 3.05) is 5.32 Å². The highest BCUT2D eigenvalue weighted by atomic mass is 16.1. The van der Waals surface area contributed by atoms with Crippen LogP contribution in [0.2, 0.25) is 0 Å². The monoisotopic (exact) mass is 293 g/mol. The van der Waals surface area contributed by atoms with Crippen molar-refractivity contribution in [2.24, 2.45) is 7.05 Å². The highest BCUT2D eigenvalue weighted by molar-refractivity contribution is 5.94. The summed E-state index contributed by atoms with van der Waals surface area (Å²) in [6.45, 7) is 1.47. The molecule has 0 atom stereocenters. The molecule has 5 heteroatoms. The van der Waals surface area contributed by atoms with E-state index in [2.05, 4.69) is 10.4 Å². The van der Waals surface area contributed by atoms with Gasteiger partial charge in [0.05, 0.1) is 11.1 Å². The fourth-order valence-corrected chi connectivity index (χ4v) is 2.43. The number of fused-ring (bicyclic) bond motifs is 1. The highest BCUT2D eigenvalue weighted by Gasteiger charge is 2.10. The van der Waals surface area contributed by atoms with Gasteiger partial charge >= 0.3 is 0 Å². The Morgan fingerprint density at radius 1 is 1.05 bits per heavy atom. The summed E-state index contributed by atoms with van der Waals surface area (Å²) >= 11 is 0. The molecule has 0 bridgehead atoms. The van der Waals surface area contributed by atoms with Crippen molar-refractivity contribution < 1.29 is 4.79 Å². The van der Waals surface area contributed by atoms with Crippen LogP contribution in [0.1, 0.15) is 6.92 Å². The zero-order valence-corrected chi connectivity index (χ0v) is 12.3. The quantitative estimate of drug-likeness (QED) is 0.789. The van der Waals surface area contributed by atoms with Crippen molar-refractivity contribution >= 4 is 22.4 Å². The summed E-state index contributed by atoms with van der Waals surface area (Å²) in [6.07, 6.45) is 0. The maximum absolute atomic E-state index is 12.1. The summed E-state index contributed by atoms with van der Waals surface area (Å²) in [5.41, 5.74) is 2.24. The summed E-state index contributed by atoms with van der Waals surface area (Å²) in [7, 11) is 1.64. The molecular weight excluding hydrogens is 278 g/mol. The number of amides is 1. The summed E-state index contributed by atoms with van der Waals surface area (Å²) in [5, 5.41) is 8.56. The Hall–Kier alpha value is -2.95. The predicted molar refractivity (Wildman–Crippen MR) is 86.7 cm³/mol. The van der Waals surface area contributed by atoms with Gasteiger partial charge < -0.3 is 5.32 Å². The average Bonchev–Trinajstić information content (AvgIpc) is 2.51. The summed E-state index contributed by atoms with van der Waals surface area (Å²) in [6, 6.07) is 14.8. The Kier molecular flexibility index (Phi) is 3.47. The Labute approximate surface area is 127 Å². The molecule has 3 rings (SSSR count). The van der Waals surface area contributed by atoms with Crippen molar-refractivity contribution in [3.05, 3.63) is 58.9 Å². The van der Waals surface area contributed by atoms with E-state index in [4.69, 9.17) is 0 Å². The number of anilines is 1. The number of carbonyl (C=O) groups is 1. The molecule has 1 amide bonds. The molecule has 0 radical (unpaired) electrons.